The van der Waals surface area contributed by atoms with Gasteiger partial charge in [-0.2, -0.15) is 0 Å². The molecule has 2 heteroatoms. The fourth-order valence-electron chi connectivity index (χ4n) is 2.12. The molecule has 0 bridgehead atoms. The number of thioether (sulfide) groups is 1. The third-order valence-electron chi connectivity index (χ3n) is 3.21. The maximum Gasteiger partial charge on any atom is 0.0500 e. The number of aliphatic hydroxyl groups excluding tert-OH is 1. The van der Waals surface area contributed by atoms with E-state index >= 15 is 0 Å². The minimum Gasteiger partial charge on any atom is -0.396 e. The maximum absolute atomic E-state index is 9.56. The predicted molar refractivity (Wildman–Crippen MR) is 82.8 cm³/mol. The van der Waals surface area contributed by atoms with Crippen LogP contribution in [0.25, 0.3) is 0 Å². The van der Waals surface area contributed by atoms with Crippen LogP contribution in [0.5, 0.6) is 0 Å². The van der Waals surface area contributed by atoms with Gasteiger partial charge in [0.1, 0.15) is 0 Å². The molecule has 1 unspecified atom stereocenters. The Morgan fingerprint density at radius 2 is 1.84 bits per heavy atom. The van der Waals surface area contributed by atoms with E-state index in [4.69, 9.17) is 0 Å². The van der Waals surface area contributed by atoms with Crippen molar-refractivity contribution in [1.29, 1.82) is 0 Å². The van der Waals surface area contributed by atoms with Crippen LogP contribution < -0.4 is 0 Å². The quantitative estimate of drug-likeness (QED) is 0.793. The lowest BCUT2D eigenvalue weighted by molar-refractivity contribution is 0.263. The Kier molecular flexibility index (Phi) is 5.49. The maximum atomic E-state index is 9.56. The van der Waals surface area contributed by atoms with Crippen molar-refractivity contribution in [3.63, 3.8) is 0 Å². The van der Waals surface area contributed by atoms with Crippen LogP contribution in [0.1, 0.15) is 23.5 Å². The third kappa shape index (κ3) is 4.41. The summed E-state index contributed by atoms with van der Waals surface area (Å²) in [6.45, 7) is 2.31. The highest BCUT2D eigenvalue weighted by Crippen LogP contribution is 2.25. The third-order valence-corrected chi connectivity index (χ3v) is 4.26. The molecule has 0 spiro atoms. The molecule has 1 N–H and O–H groups in total. The number of rotatable bonds is 6. The van der Waals surface area contributed by atoms with Gasteiger partial charge in [0.25, 0.3) is 0 Å². The number of aliphatic hydroxyl groups is 1. The first-order valence-electron chi connectivity index (χ1n) is 6.65. The molecule has 0 heterocycles. The van der Waals surface area contributed by atoms with Crippen molar-refractivity contribution < 1.29 is 5.11 Å². The van der Waals surface area contributed by atoms with Crippen molar-refractivity contribution in [2.24, 2.45) is 0 Å². The second-order valence-corrected chi connectivity index (χ2v) is 5.91. The molecule has 19 heavy (non-hydrogen) atoms. The highest BCUT2D eigenvalue weighted by atomic mass is 32.2. The Labute approximate surface area is 119 Å². The van der Waals surface area contributed by atoms with Crippen LogP contribution in [-0.2, 0) is 0 Å². The van der Waals surface area contributed by atoms with Crippen molar-refractivity contribution >= 4 is 11.8 Å². The average molecular weight is 272 g/mol. The minimum atomic E-state index is 0.221. The van der Waals surface area contributed by atoms with Gasteiger partial charge in [-0.05, 0) is 36.8 Å². The second-order valence-electron chi connectivity index (χ2n) is 4.74. The summed E-state index contributed by atoms with van der Waals surface area (Å²) in [5.74, 6) is 1.28. The van der Waals surface area contributed by atoms with Crippen molar-refractivity contribution in [2.45, 2.75) is 24.2 Å². The summed E-state index contributed by atoms with van der Waals surface area (Å²) in [7, 11) is 0. The molecule has 0 amide bonds. The van der Waals surface area contributed by atoms with E-state index in [0.717, 1.165) is 12.2 Å². The highest BCUT2D eigenvalue weighted by Gasteiger charge is 2.10. The number of aryl methyl sites for hydroxylation is 1. The summed E-state index contributed by atoms with van der Waals surface area (Å²) in [5, 5.41) is 9.56. The Balaban J connectivity index is 1.89. The zero-order chi connectivity index (χ0) is 13.5. The predicted octanol–water partition coefficient (Wildman–Crippen LogP) is 4.25. The van der Waals surface area contributed by atoms with E-state index in [9.17, 15) is 5.11 Å². The summed E-state index contributed by atoms with van der Waals surface area (Å²) >= 11 is 1.85. The minimum absolute atomic E-state index is 0.221. The Morgan fingerprint density at radius 3 is 2.53 bits per heavy atom. The SMILES string of the molecule is Cc1cccc(C(CO)CCSc2ccccc2)c1. The monoisotopic (exact) mass is 272 g/mol. The van der Waals surface area contributed by atoms with Gasteiger partial charge < -0.3 is 5.11 Å². The average Bonchev–Trinajstić information content (AvgIpc) is 2.45. The van der Waals surface area contributed by atoms with Crippen LogP contribution in [0.4, 0.5) is 0 Å². The molecule has 0 saturated carbocycles. The van der Waals surface area contributed by atoms with Gasteiger partial charge in [0.2, 0.25) is 0 Å². The highest BCUT2D eigenvalue weighted by molar-refractivity contribution is 7.99. The van der Waals surface area contributed by atoms with Crippen LogP contribution in [0.15, 0.2) is 59.5 Å². The van der Waals surface area contributed by atoms with Gasteiger partial charge in [-0.1, -0.05) is 48.0 Å². The van der Waals surface area contributed by atoms with E-state index in [-0.39, 0.29) is 12.5 Å². The summed E-state index contributed by atoms with van der Waals surface area (Å²) in [6.07, 6.45) is 1.000. The summed E-state index contributed by atoms with van der Waals surface area (Å²) in [4.78, 5) is 1.29. The first-order chi connectivity index (χ1) is 9.29. The lowest BCUT2D eigenvalue weighted by atomic mass is 9.96. The zero-order valence-electron chi connectivity index (χ0n) is 11.3. The number of benzene rings is 2. The van der Waals surface area contributed by atoms with Crippen LogP contribution in [0, 0.1) is 6.92 Å². The van der Waals surface area contributed by atoms with E-state index in [1.54, 1.807) is 0 Å². The van der Waals surface area contributed by atoms with Crippen LogP contribution in [0.3, 0.4) is 0 Å². The Morgan fingerprint density at radius 1 is 1.05 bits per heavy atom. The van der Waals surface area contributed by atoms with Crippen molar-refractivity contribution in [3.05, 3.63) is 65.7 Å². The summed E-state index contributed by atoms with van der Waals surface area (Å²) < 4.78 is 0. The lowest BCUT2D eigenvalue weighted by Crippen LogP contribution is -2.05. The van der Waals surface area contributed by atoms with Gasteiger partial charge in [-0.3, -0.25) is 0 Å². The van der Waals surface area contributed by atoms with Gasteiger partial charge in [-0.25, -0.2) is 0 Å². The number of hydrogen-bond donors (Lipinski definition) is 1. The van der Waals surface area contributed by atoms with Crippen molar-refractivity contribution in [3.8, 4) is 0 Å². The standard InChI is InChI=1S/C17H20OS/c1-14-6-5-7-15(12-14)16(13-18)10-11-19-17-8-3-2-4-9-17/h2-9,12,16,18H,10-11,13H2,1H3. The Hall–Kier alpha value is -1.25. The molecular formula is C17H20OS. The lowest BCUT2D eigenvalue weighted by Gasteiger charge is -2.15. The molecule has 0 aliphatic rings. The van der Waals surface area contributed by atoms with Gasteiger partial charge in [-0.15, -0.1) is 11.8 Å². The first-order valence-corrected chi connectivity index (χ1v) is 7.63. The molecule has 0 radical (unpaired) electrons. The van der Waals surface area contributed by atoms with Gasteiger partial charge in [0.05, 0.1) is 0 Å². The summed E-state index contributed by atoms with van der Waals surface area (Å²) in [6, 6.07) is 18.9. The van der Waals surface area contributed by atoms with Gasteiger partial charge in [0, 0.05) is 17.4 Å². The largest absolute Gasteiger partial charge is 0.396 e. The van der Waals surface area contributed by atoms with Gasteiger partial charge >= 0.3 is 0 Å². The number of hydrogen-bond acceptors (Lipinski definition) is 2. The molecule has 0 fully saturated rings. The molecule has 0 aromatic heterocycles. The Bertz CT molecular complexity index is 496. The fraction of sp³-hybridized carbons (Fsp3) is 0.294. The van der Waals surface area contributed by atoms with E-state index < -0.39 is 0 Å². The van der Waals surface area contributed by atoms with E-state index in [1.807, 2.05) is 17.8 Å². The van der Waals surface area contributed by atoms with E-state index in [2.05, 4.69) is 55.5 Å². The molecule has 0 aliphatic carbocycles. The molecule has 2 aromatic rings. The summed E-state index contributed by atoms with van der Waals surface area (Å²) in [5.41, 5.74) is 2.50. The molecule has 0 aliphatic heterocycles. The van der Waals surface area contributed by atoms with Crippen molar-refractivity contribution in [1.82, 2.24) is 0 Å². The topological polar surface area (TPSA) is 20.2 Å². The van der Waals surface area contributed by atoms with E-state index in [0.29, 0.717) is 0 Å². The molecule has 1 nitrogen and oxygen atoms in total. The fourth-order valence-corrected chi connectivity index (χ4v) is 3.11. The molecule has 2 rings (SSSR count). The van der Waals surface area contributed by atoms with Crippen molar-refractivity contribution in [2.75, 3.05) is 12.4 Å². The normalized spacial score (nSPS) is 12.3. The van der Waals surface area contributed by atoms with Gasteiger partial charge in [0.15, 0.2) is 0 Å². The van der Waals surface area contributed by atoms with E-state index in [1.165, 1.54) is 16.0 Å². The smallest absolute Gasteiger partial charge is 0.0500 e. The zero-order valence-corrected chi connectivity index (χ0v) is 12.1. The van der Waals surface area contributed by atoms with Crippen LogP contribution >= 0.6 is 11.8 Å². The molecule has 2 aromatic carbocycles. The molecule has 1 atom stereocenters. The molecular weight excluding hydrogens is 252 g/mol. The molecule has 0 saturated heterocycles. The first kappa shape index (κ1) is 14.2. The van der Waals surface area contributed by atoms with Crippen LogP contribution in [-0.4, -0.2) is 17.5 Å². The molecule has 100 valence electrons. The van der Waals surface area contributed by atoms with Crippen LogP contribution in [0.2, 0.25) is 0 Å². The second kappa shape index (κ2) is 7.37.